The summed E-state index contributed by atoms with van der Waals surface area (Å²) in [5, 5.41) is 19.8. The van der Waals surface area contributed by atoms with Gasteiger partial charge < -0.3 is 15.4 Å². The number of amides is 1. The van der Waals surface area contributed by atoms with Gasteiger partial charge in [-0.1, -0.05) is 33.3 Å². The molecule has 1 amide bonds. The van der Waals surface area contributed by atoms with Gasteiger partial charge in [0.05, 0.1) is 30.1 Å². The van der Waals surface area contributed by atoms with Crippen molar-refractivity contribution in [3.63, 3.8) is 0 Å². The van der Waals surface area contributed by atoms with Crippen LogP contribution in [0.1, 0.15) is 39.2 Å². The molecular weight excluding hydrogens is 416 g/mol. The molecule has 0 aliphatic carbocycles. The summed E-state index contributed by atoms with van der Waals surface area (Å²) in [6, 6.07) is 7.96. The third kappa shape index (κ3) is 5.89. The average Bonchev–Trinajstić information content (AvgIpc) is 3.25. The van der Waals surface area contributed by atoms with Gasteiger partial charge >= 0.3 is 0 Å². The first-order valence-corrected chi connectivity index (χ1v) is 11.1. The van der Waals surface area contributed by atoms with E-state index in [1.165, 1.54) is 0 Å². The Morgan fingerprint density at radius 3 is 2.70 bits per heavy atom. The van der Waals surface area contributed by atoms with Crippen molar-refractivity contribution in [2.45, 2.75) is 33.6 Å². The van der Waals surface area contributed by atoms with E-state index in [-0.39, 0.29) is 5.91 Å². The van der Waals surface area contributed by atoms with Crippen LogP contribution in [-0.2, 0) is 4.79 Å². The SMILES string of the molecule is C=C(C)C(=O)NCCNc1ccc(-c2cc(OCC(CC)CC)cn3ncc(C#N)c23)cn1. The zero-order chi connectivity index (χ0) is 23.8. The molecule has 0 aliphatic heterocycles. The predicted molar refractivity (Wildman–Crippen MR) is 129 cm³/mol. The highest BCUT2D eigenvalue weighted by atomic mass is 16.5. The Hall–Kier alpha value is -3.86. The van der Waals surface area contributed by atoms with Crippen molar-refractivity contribution in [2.75, 3.05) is 25.0 Å². The Morgan fingerprint density at radius 2 is 2.06 bits per heavy atom. The zero-order valence-corrected chi connectivity index (χ0v) is 19.4. The first-order valence-electron chi connectivity index (χ1n) is 11.1. The number of nitriles is 1. The van der Waals surface area contributed by atoms with Gasteiger partial charge in [-0.05, 0) is 31.0 Å². The standard InChI is InChI=1S/C25H30N6O2/c1-5-18(6-2)16-33-21-11-22(24-20(12-26)14-30-31(24)15-21)19-7-8-23(29-13-19)27-9-10-28-25(32)17(3)4/h7-8,11,13-15,18H,3,5-6,9-10,16H2,1-2,4H3,(H,27,29)(H,28,32). The molecule has 172 valence electrons. The van der Waals surface area contributed by atoms with Gasteiger partial charge in [0, 0.05) is 36.0 Å². The molecule has 33 heavy (non-hydrogen) atoms. The third-order valence-corrected chi connectivity index (χ3v) is 5.53. The maximum atomic E-state index is 11.5. The summed E-state index contributed by atoms with van der Waals surface area (Å²) in [6.07, 6.45) is 7.24. The number of nitrogens with zero attached hydrogens (tertiary/aromatic N) is 4. The number of anilines is 1. The van der Waals surface area contributed by atoms with E-state index >= 15 is 0 Å². The van der Waals surface area contributed by atoms with E-state index in [2.05, 4.69) is 47.2 Å². The predicted octanol–water partition coefficient (Wildman–Crippen LogP) is 4.19. The highest BCUT2D eigenvalue weighted by Crippen LogP contribution is 2.31. The smallest absolute Gasteiger partial charge is 0.246 e. The number of hydrogen-bond acceptors (Lipinski definition) is 6. The first-order chi connectivity index (χ1) is 16.0. The van der Waals surface area contributed by atoms with Crippen molar-refractivity contribution in [1.82, 2.24) is 19.9 Å². The number of rotatable bonds is 11. The maximum Gasteiger partial charge on any atom is 0.246 e. The lowest BCUT2D eigenvalue weighted by atomic mass is 10.0. The molecule has 0 aliphatic rings. The number of fused-ring (bicyclic) bond motifs is 1. The van der Waals surface area contributed by atoms with Gasteiger partial charge in [-0.2, -0.15) is 10.4 Å². The summed E-state index contributed by atoms with van der Waals surface area (Å²) >= 11 is 0. The van der Waals surface area contributed by atoms with Gasteiger partial charge in [-0.25, -0.2) is 9.50 Å². The second-order valence-electron chi connectivity index (χ2n) is 7.94. The van der Waals surface area contributed by atoms with Gasteiger partial charge in [0.1, 0.15) is 17.6 Å². The number of carbonyl (C=O) groups is 1. The second-order valence-corrected chi connectivity index (χ2v) is 7.94. The minimum Gasteiger partial charge on any atom is -0.492 e. The van der Waals surface area contributed by atoms with Gasteiger partial charge in [0.15, 0.2) is 0 Å². The van der Waals surface area contributed by atoms with E-state index in [0.29, 0.717) is 48.3 Å². The number of aromatic nitrogens is 3. The van der Waals surface area contributed by atoms with Crippen molar-refractivity contribution in [2.24, 2.45) is 5.92 Å². The minimum atomic E-state index is -0.162. The van der Waals surface area contributed by atoms with Gasteiger partial charge in [0.25, 0.3) is 0 Å². The Labute approximate surface area is 194 Å². The van der Waals surface area contributed by atoms with Crippen LogP contribution >= 0.6 is 0 Å². The monoisotopic (exact) mass is 446 g/mol. The fourth-order valence-corrected chi connectivity index (χ4v) is 3.39. The number of nitrogens with one attached hydrogen (secondary N) is 2. The molecule has 0 saturated heterocycles. The molecule has 0 spiro atoms. The molecule has 0 unspecified atom stereocenters. The Kier molecular flexibility index (Phi) is 8.03. The van der Waals surface area contributed by atoms with Crippen LogP contribution in [0.2, 0.25) is 0 Å². The molecule has 0 aromatic carbocycles. The first kappa shape index (κ1) is 23.8. The molecule has 3 rings (SSSR count). The summed E-state index contributed by atoms with van der Waals surface area (Å²) in [4.78, 5) is 16.0. The van der Waals surface area contributed by atoms with E-state index in [0.717, 1.165) is 29.5 Å². The van der Waals surface area contributed by atoms with Crippen molar-refractivity contribution in [3.05, 3.63) is 54.5 Å². The Balaban J connectivity index is 1.79. The molecule has 3 aromatic rings. The molecule has 0 atom stereocenters. The van der Waals surface area contributed by atoms with Crippen LogP contribution in [0.15, 0.2) is 48.9 Å². The summed E-state index contributed by atoms with van der Waals surface area (Å²) < 4.78 is 7.76. The molecule has 0 bridgehead atoms. The quantitative estimate of drug-likeness (QED) is 0.338. The van der Waals surface area contributed by atoms with Crippen LogP contribution in [0.4, 0.5) is 5.82 Å². The summed E-state index contributed by atoms with van der Waals surface area (Å²) in [7, 11) is 0. The molecular formula is C25H30N6O2. The van der Waals surface area contributed by atoms with E-state index in [1.54, 1.807) is 23.8 Å². The molecule has 0 fully saturated rings. The number of ether oxygens (including phenoxy) is 1. The van der Waals surface area contributed by atoms with Gasteiger partial charge in [-0.3, -0.25) is 4.79 Å². The lowest BCUT2D eigenvalue weighted by Crippen LogP contribution is -2.29. The lowest BCUT2D eigenvalue weighted by Gasteiger charge is -2.15. The van der Waals surface area contributed by atoms with E-state index in [4.69, 9.17) is 4.74 Å². The highest BCUT2D eigenvalue weighted by molar-refractivity contribution is 5.92. The van der Waals surface area contributed by atoms with E-state index in [1.807, 2.05) is 24.4 Å². The van der Waals surface area contributed by atoms with E-state index < -0.39 is 0 Å². The normalized spacial score (nSPS) is 10.8. The molecule has 0 radical (unpaired) electrons. The second kappa shape index (κ2) is 11.1. The number of carbonyl (C=O) groups excluding carboxylic acids is 1. The maximum absolute atomic E-state index is 11.5. The molecule has 3 aromatic heterocycles. The van der Waals surface area contributed by atoms with Crippen molar-refractivity contribution >= 4 is 17.2 Å². The minimum absolute atomic E-state index is 0.162. The Bertz CT molecular complexity index is 1160. The number of pyridine rings is 2. The lowest BCUT2D eigenvalue weighted by molar-refractivity contribution is -0.117. The van der Waals surface area contributed by atoms with Crippen LogP contribution in [0.3, 0.4) is 0 Å². The average molecular weight is 447 g/mol. The Morgan fingerprint density at radius 1 is 1.27 bits per heavy atom. The summed E-state index contributed by atoms with van der Waals surface area (Å²) in [5.41, 5.74) is 3.38. The third-order valence-electron chi connectivity index (χ3n) is 5.53. The highest BCUT2D eigenvalue weighted by Gasteiger charge is 2.15. The molecule has 8 heteroatoms. The fourth-order valence-electron chi connectivity index (χ4n) is 3.39. The number of hydrogen-bond donors (Lipinski definition) is 2. The van der Waals surface area contributed by atoms with Gasteiger partial charge in [-0.15, -0.1) is 0 Å². The van der Waals surface area contributed by atoms with Crippen molar-refractivity contribution < 1.29 is 9.53 Å². The van der Waals surface area contributed by atoms with Crippen LogP contribution in [-0.4, -0.2) is 40.2 Å². The summed E-state index contributed by atoms with van der Waals surface area (Å²) in [5.74, 6) is 1.72. The largest absolute Gasteiger partial charge is 0.492 e. The van der Waals surface area contributed by atoms with Crippen LogP contribution in [0.25, 0.3) is 16.6 Å². The van der Waals surface area contributed by atoms with E-state index in [9.17, 15) is 10.1 Å². The molecule has 2 N–H and O–H groups in total. The van der Waals surface area contributed by atoms with Crippen LogP contribution in [0.5, 0.6) is 5.75 Å². The van der Waals surface area contributed by atoms with Crippen LogP contribution in [0, 0.1) is 17.2 Å². The fraction of sp³-hybridized carbons (Fsp3) is 0.360. The summed E-state index contributed by atoms with van der Waals surface area (Å²) in [6.45, 7) is 11.2. The van der Waals surface area contributed by atoms with Gasteiger partial charge in [0.2, 0.25) is 5.91 Å². The molecule has 8 nitrogen and oxygen atoms in total. The van der Waals surface area contributed by atoms with Crippen LogP contribution < -0.4 is 15.4 Å². The van der Waals surface area contributed by atoms with Crippen molar-refractivity contribution in [3.8, 4) is 22.9 Å². The molecule has 3 heterocycles. The topological polar surface area (TPSA) is 104 Å². The zero-order valence-electron chi connectivity index (χ0n) is 19.4. The molecule has 0 saturated carbocycles. The van der Waals surface area contributed by atoms with Crippen molar-refractivity contribution in [1.29, 1.82) is 5.26 Å².